The lowest BCUT2D eigenvalue weighted by molar-refractivity contribution is -0.141. The van der Waals surface area contributed by atoms with Crippen molar-refractivity contribution in [1.29, 1.82) is 0 Å². The first kappa shape index (κ1) is 13.0. The highest BCUT2D eigenvalue weighted by molar-refractivity contribution is 8.00. The van der Waals surface area contributed by atoms with Gasteiger partial charge in [-0.15, -0.1) is 11.8 Å². The van der Waals surface area contributed by atoms with Gasteiger partial charge in [0.1, 0.15) is 11.3 Å². The molecule has 2 N–H and O–H groups in total. The van der Waals surface area contributed by atoms with Crippen molar-refractivity contribution >= 4 is 23.6 Å². The summed E-state index contributed by atoms with van der Waals surface area (Å²) in [5.74, 6) is -0.351. The van der Waals surface area contributed by atoms with E-state index < -0.39 is 12.0 Å². The van der Waals surface area contributed by atoms with Crippen LogP contribution in [0.4, 0.5) is 0 Å². The Kier molecular flexibility index (Phi) is 3.91. The molecule has 1 aromatic carbocycles. The summed E-state index contributed by atoms with van der Waals surface area (Å²) < 4.78 is 0. The smallest absolute Gasteiger partial charge is 0.325 e. The summed E-state index contributed by atoms with van der Waals surface area (Å²) in [4.78, 5) is 22.8. The number of rotatable bonds is 3. The first-order valence-electron chi connectivity index (χ1n) is 5.82. The summed E-state index contributed by atoms with van der Waals surface area (Å²) in [7, 11) is 0. The average Bonchev–Trinajstić information content (AvgIpc) is 2.37. The van der Waals surface area contributed by atoms with Crippen LogP contribution in [0.15, 0.2) is 24.3 Å². The first-order valence-corrected chi connectivity index (χ1v) is 6.87. The molecule has 0 aliphatic carbocycles. The zero-order valence-corrected chi connectivity index (χ0v) is 10.9. The van der Waals surface area contributed by atoms with Crippen LogP contribution in [0, 0.1) is 0 Å². The van der Waals surface area contributed by atoms with Crippen molar-refractivity contribution in [3.63, 3.8) is 0 Å². The van der Waals surface area contributed by atoms with Crippen molar-refractivity contribution in [1.82, 2.24) is 5.32 Å². The molecule has 96 valence electrons. The molecule has 0 aromatic heterocycles. The summed E-state index contributed by atoms with van der Waals surface area (Å²) in [5, 5.41) is 11.0. The summed E-state index contributed by atoms with van der Waals surface area (Å²) in [6, 6.07) is 6.98. The average molecular weight is 265 g/mol. The highest BCUT2D eigenvalue weighted by atomic mass is 32.2. The number of aryl methyl sites for hydroxylation is 1. The van der Waals surface area contributed by atoms with Gasteiger partial charge < -0.3 is 10.4 Å². The molecule has 0 spiro atoms. The van der Waals surface area contributed by atoms with Gasteiger partial charge in [-0.1, -0.05) is 24.3 Å². The number of fused-ring (bicyclic) bond motifs is 1. The minimum Gasteiger partial charge on any atom is -0.480 e. The molecule has 5 heteroatoms. The molecule has 1 aliphatic heterocycles. The van der Waals surface area contributed by atoms with E-state index in [1.54, 1.807) is 11.8 Å². The monoisotopic (exact) mass is 265 g/mol. The third-order valence-corrected chi connectivity index (χ3v) is 4.20. The first-order chi connectivity index (χ1) is 8.59. The number of benzene rings is 1. The van der Waals surface area contributed by atoms with Crippen LogP contribution >= 0.6 is 11.8 Å². The Hall–Kier alpha value is -1.49. The van der Waals surface area contributed by atoms with Crippen LogP contribution in [0.3, 0.4) is 0 Å². The molecule has 0 saturated heterocycles. The van der Waals surface area contributed by atoms with Crippen molar-refractivity contribution in [3.05, 3.63) is 35.4 Å². The van der Waals surface area contributed by atoms with E-state index in [9.17, 15) is 9.59 Å². The normalized spacial score (nSPS) is 19.7. The minimum absolute atomic E-state index is 0.220. The van der Waals surface area contributed by atoms with E-state index in [0.717, 1.165) is 17.7 Å². The summed E-state index contributed by atoms with van der Waals surface area (Å²) in [6.45, 7) is 1.47. The van der Waals surface area contributed by atoms with Crippen LogP contribution in [0.25, 0.3) is 0 Å². The van der Waals surface area contributed by atoms with E-state index >= 15 is 0 Å². The lowest BCUT2D eigenvalue weighted by Crippen LogP contribution is -2.41. The van der Waals surface area contributed by atoms with Gasteiger partial charge in [-0.05, 0) is 30.2 Å². The largest absolute Gasteiger partial charge is 0.480 e. The fourth-order valence-corrected chi connectivity index (χ4v) is 3.16. The maximum absolute atomic E-state index is 12.1. The van der Waals surface area contributed by atoms with Gasteiger partial charge in [0.2, 0.25) is 5.91 Å². The molecule has 1 aliphatic rings. The van der Waals surface area contributed by atoms with E-state index in [2.05, 4.69) is 5.32 Å². The fourth-order valence-electron chi connectivity index (χ4n) is 1.96. The SMILES string of the molecule is CC(NC(=O)C1SCCc2ccccc21)C(=O)O. The van der Waals surface area contributed by atoms with E-state index in [-0.39, 0.29) is 11.2 Å². The van der Waals surface area contributed by atoms with E-state index in [0.29, 0.717) is 0 Å². The molecule has 1 amide bonds. The predicted molar refractivity (Wildman–Crippen MR) is 70.6 cm³/mol. The van der Waals surface area contributed by atoms with E-state index in [1.807, 2.05) is 24.3 Å². The summed E-state index contributed by atoms with van der Waals surface area (Å²) in [5.41, 5.74) is 2.18. The molecule has 0 bridgehead atoms. The van der Waals surface area contributed by atoms with E-state index in [4.69, 9.17) is 5.11 Å². The lowest BCUT2D eigenvalue weighted by Gasteiger charge is -2.25. The number of carboxylic acids is 1. The Balaban J connectivity index is 2.15. The second-order valence-electron chi connectivity index (χ2n) is 4.27. The number of carbonyl (C=O) groups is 2. The Morgan fingerprint density at radius 1 is 1.44 bits per heavy atom. The molecular weight excluding hydrogens is 250 g/mol. The lowest BCUT2D eigenvalue weighted by atomic mass is 10.0. The molecule has 18 heavy (non-hydrogen) atoms. The predicted octanol–water partition coefficient (Wildman–Crippen LogP) is 1.61. The molecule has 0 radical (unpaired) electrons. The number of hydrogen-bond donors (Lipinski definition) is 2. The minimum atomic E-state index is -1.02. The van der Waals surface area contributed by atoms with Gasteiger partial charge in [-0.2, -0.15) is 0 Å². The highest BCUT2D eigenvalue weighted by Crippen LogP contribution is 2.36. The van der Waals surface area contributed by atoms with Gasteiger partial charge in [0.25, 0.3) is 0 Å². The van der Waals surface area contributed by atoms with Crippen LogP contribution < -0.4 is 5.32 Å². The van der Waals surface area contributed by atoms with Gasteiger partial charge in [0.05, 0.1) is 0 Å². The summed E-state index contributed by atoms with van der Waals surface area (Å²) in [6.07, 6.45) is 0.957. The van der Waals surface area contributed by atoms with E-state index in [1.165, 1.54) is 12.5 Å². The number of thioether (sulfide) groups is 1. The van der Waals surface area contributed by atoms with Crippen LogP contribution in [0.1, 0.15) is 23.3 Å². The highest BCUT2D eigenvalue weighted by Gasteiger charge is 2.28. The number of nitrogens with one attached hydrogen (secondary N) is 1. The maximum atomic E-state index is 12.1. The maximum Gasteiger partial charge on any atom is 0.325 e. The Bertz CT molecular complexity index is 475. The third kappa shape index (κ3) is 2.67. The quantitative estimate of drug-likeness (QED) is 0.871. The van der Waals surface area contributed by atoms with Gasteiger partial charge in [0, 0.05) is 0 Å². The van der Waals surface area contributed by atoms with Gasteiger partial charge >= 0.3 is 5.97 Å². The van der Waals surface area contributed by atoms with Crippen LogP contribution in [-0.2, 0) is 16.0 Å². The zero-order chi connectivity index (χ0) is 13.1. The molecule has 0 fully saturated rings. The standard InChI is InChI=1S/C13H15NO3S/c1-8(13(16)17)14-12(15)11-10-5-3-2-4-9(10)6-7-18-11/h2-5,8,11H,6-7H2,1H3,(H,14,15)(H,16,17). The molecule has 0 saturated carbocycles. The number of amides is 1. The molecule has 2 rings (SSSR count). The molecule has 1 aromatic rings. The van der Waals surface area contributed by atoms with Gasteiger partial charge in [-0.25, -0.2) is 0 Å². The van der Waals surface area contributed by atoms with Crippen LogP contribution in [0.5, 0.6) is 0 Å². The van der Waals surface area contributed by atoms with Crippen LogP contribution in [0.2, 0.25) is 0 Å². The number of carbonyl (C=O) groups excluding carboxylic acids is 1. The Labute approximate surface area is 110 Å². The molecule has 1 heterocycles. The van der Waals surface area contributed by atoms with Gasteiger partial charge in [0.15, 0.2) is 0 Å². The van der Waals surface area contributed by atoms with Crippen molar-refractivity contribution < 1.29 is 14.7 Å². The third-order valence-electron chi connectivity index (χ3n) is 2.96. The second kappa shape index (κ2) is 5.44. The number of hydrogen-bond acceptors (Lipinski definition) is 3. The number of aliphatic carboxylic acids is 1. The topological polar surface area (TPSA) is 66.4 Å². The number of carboxylic acid groups (broad SMARTS) is 1. The fraction of sp³-hybridized carbons (Fsp3) is 0.385. The molecular formula is C13H15NO3S. The Morgan fingerprint density at radius 3 is 2.89 bits per heavy atom. The molecule has 2 atom stereocenters. The van der Waals surface area contributed by atoms with Crippen LogP contribution in [-0.4, -0.2) is 28.8 Å². The zero-order valence-electron chi connectivity index (χ0n) is 10.1. The van der Waals surface area contributed by atoms with Crippen molar-refractivity contribution in [2.24, 2.45) is 0 Å². The van der Waals surface area contributed by atoms with Crippen molar-refractivity contribution in [2.45, 2.75) is 24.6 Å². The van der Waals surface area contributed by atoms with Gasteiger partial charge in [-0.3, -0.25) is 9.59 Å². The molecule has 2 unspecified atom stereocenters. The summed E-state index contributed by atoms with van der Waals surface area (Å²) >= 11 is 1.56. The Morgan fingerprint density at radius 2 is 2.17 bits per heavy atom. The second-order valence-corrected chi connectivity index (χ2v) is 5.48. The van der Waals surface area contributed by atoms with Crippen molar-refractivity contribution in [2.75, 3.05) is 5.75 Å². The van der Waals surface area contributed by atoms with Crippen molar-refractivity contribution in [3.8, 4) is 0 Å². The molecule has 4 nitrogen and oxygen atoms in total.